The van der Waals surface area contributed by atoms with E-state index in [4.69, 9.17) is 33.2 Å². The molecule has 1 unspecified atom stereocenters. The Kier molecular flexibility index (Phi) is 18.6. The Bertz CT molecular complexity index is 2360. The van der Waals surface area contributed by atoms with Gasteiger partial charge in [0.1, 0.15) is 28.7 Å². The van der Waals surface area contributed by atoms with Crippen LogP contribution in [0.5, 0.6) is 28.7 Å². The molecule has 1 aliphatic rings. The number of carbonyl (C=O) groups excluding carboxylic acids is 4. The van der Waals surface area contributed by atoms with Crippen LogP contribution >= 0.6 is 0 Å². The van der Waals surface area contributed by atoms with E-state index in [2.05, 4.69) is 6.58 Å². The predicted molar refractivity (Wildman–Crippen MR) is 249 cm³/mol. The van der Waals surface area contributed by atoms with Crippen LogP contribution in [0.15, 0.2) is 115 Å². The van der Waals surface area contributed by atoms with Crippen LogP contribution < -0.4 is 23.7 Å². The van der Waals surface area contributed by atoms with Gasteiger partial charge in [0.25, 0.3) is 0 Å². The minimum absolute atomic E-state index is 0.332. The van der Waals surface area contributed by atoms with E-state index in [-0.39, 0.29) is 5.97 Å². The SMILES string of the molecule is C=C(C)C(=O)OCCCCCCOc1ccc(C(=O)Oc2ccc(OC(=O)c3ccc4cc(OC(=O)c5ccc(OCCCCCCCCC6CO6)cc5)ccc4c3)c(CCC)c2)cc1. The molecule has 0 amide bonds. The van der Waals surface area contributed by atoms with Gasteiger partial charge in [0.15, 0.2) is 0 Å². The second-order valence-electron chi connectivity index (χ2n) is 16.4. The molecule has 0 bridgehead atoms. The monoisotopic (exact) mass is 884 g/mol. The first-order valence-corrected chi connectivity index (χ1v) is 22.9. The molecule has 0 N–H and O–H groups in total. The van der Waals surface area contributed by atoms with Gasteiger partial charge in [-0.25, -0.2) is 19.2 Å². The zero-order valence-corrected chi connectivity index (χ0v) is 37.6. The molecule has 5 aromatic carbocycles. The average molecular weight is 885 g/mol. The second kappa shape index (κ2) is 25.1. The number of hydrogen-bond acceptors (Lipinski definition) is 11. The summed E-state index contributed by atoms with van der Waals surface area (Å²) < 4.78 is 39.3. The third kappa shape index (κ3) is 15.9. The highest BCUT2D eigenvalue weighted by atomic mass is 16.6. The minimum Gasteiger partial charge on any atom is -0.494 e. The van der Waals surface area contributed by atoms with Gasteiger partial charge in [-0.05, 0) is 159 Å². The van der Waals surface area contributed by atoms with Crippen LogP contribution in [0.2, 0.25) is 0 Å². The molecule has 0 saturated carbocycles. The number of epoxide rings is 1. The van der Waals surface area contributed by atoms with Gasteiger partial charge in [-0.1, -0.05) is 64.2 Å². The number of ether oxygens (including phenoxy) is 7. The largest absolute Gasteiger partial charge is 0.494 e. The van der Waals surface area contributed by atoms with E-state index >= 15 is 0 Å². The number of rotatable bonds is 27. The lowest BCUT2D eigenvalue weighted by Crippen LogP contribution is -2.11. The number of carbonyl (C=O) groups is 4. The Morgan fingerprint density at radius 1 is 0.554 bits per heavy atom. The fourth-order valence-corrected chi connectivity index (χ4v) is 7.10. The summed E-state index contributed by atoms with van der Waals surface area (Å²) in [6.45, 7) is 9.70. The summed E-state index contributed by atoms with van der Waals surface area (Å²) in [5, 5.41) is 1.56. The molecule has 11 heteroatoms. The van der Waals surface area contributed by atoms with Crippen molar-refractivity contribution in [1.82, 2.24) is 0 Å². The third-order valence-corrected chi connectivity index (χ3v) is 10.9. The lowest BCUT2D eigenvalue weighted by molar-refractivity contribution is -0.139. The minimum atomic E-state index is -0.536. The van der Waals surface area contributed by atoms with Gasteiger partial charge in [0.05, 0.1) is 49.2 Å². The molecule has 1 heterocycles. The molecule has 0 spiro atoms. The normalized spacial score (nSPS) is 12.9. The van der Waals surface area contributed by atoms with Crippen molar-refractivity contribution >= 4 is 34.6 Å². The fraction of sp³-hybridized carbons (Fsp3) is 0.370. The van der Waals surface area contributed by atoms with Crippen molar-refractivity contribution < 1.29 is 52.3 Å². The number of fused-ring (bicyclic) bond motifs is 1. The van der Waals surface area contributed by atoms with Crippen molar-refractivity contribution in [1.29, 1.82) is 0 Å². The highest BCUT2D eigenvalue weighted by Crippen LogP contribution is 2.29. The second-order valence-corrected chi connectivity index (χ2v) is 16.4. The van der Waals surface area contributed by atoms with Crippen LogP contribution in [0.1, 0.15) is 128 Å². The number of esters is 4. The average Bonchev–Trinajstić information content (AvgIpc) is 4.15. The zero-order valence-electron chi connectivity index (χ0n) is 37.6. The molecule has 5 aromatic rings. The lowest BCUT2D eigenvalue weighted by Gasteiger charge is -2.13. The summed E-state index contributed by atoms with van der Waals surface area (Å²) in [7, 11) is 0. The van der Waals surface area contributed by atoms with Crippen LogP contribution in [0, 0.1) is 0 Å². The van der Waals surface area contributed by atoms with Gasteiger partial charge in [-0.3, -0.25) is 0 Å². The Hall–Kier alpha value is -6.46. The van der Waals surface area contributed by atoms with Crippen molar-refractivity contribution in [3.05, 3.63) is 138 Å². The van der Waals surface area contributed by atoms with Crippen LogP contribution in [0.4, 0.5) is 0 Å². The van der Waals surface area contributed by atoms with Gasteiger partial charge >= 0.3 is 23.9 Å². The maximum Gasteiger partial charge on any atom is 0.343 e. The first kappa shape index (κ1) is 48.0. The summed E-state index contributed by atoms with van der Waals surface area (Å²) in [5.41, 5.74) is 2.25. The molecule has 1 fully saturated rings. The number of hydrogen-bond donors (Lipinski definition) is 0. The van der Waals surface area contributed by atoms with Crippen LogP contribution in [-0.4, -0.2) is 56.4 Å². The maximum atomic E-state index is 13.4. The van der Waals surface area contributed by atoms with Gasteiger partial charge in [0.2, 0.25) is 0 Å². The summed E-state index contributed by atoms with van der Waals surface area (Å²) in [6, 6.07) is 29.1. The van der Waals surface area contributed by atoms with Crippen molar-refractivity contribution in [2.45, 2.75) is 103 Å². The standard InChI is InChI=1S/C54H60O11/c1-4-15-43-36-48(64-53(57)40-21-26-46(27-22-40)60-32-13-9-10-14-33-61-51(55)38(2)3)29-30-50(43)65-54(58)44-18-17-42-35-47(28-23-41(42)34-44)63-52(56)39-19-24-45(25-20-39)59-31-12-8-6-5-7-11-16-49-37-62-49/h17-30,34-36,49H,2,4-16,31-33,37H2,1,3H3. The Balaban J connectivity index is 0.929. The van der Waals surface area contributed by atoms with E-state index in [0.29, 0.717) is 77.6 Å². The van der Waals surface area contributed by atoms with Crippen molar-refractivity contribution in [2.75, 3.05) is 26.4 Å². The molecular formula is C54H60O11. The molecule has 0 aromatic heterocycles. The molecule has 6 rings (SSSR count). The van der Waals surface area contributed by atoms with E-state index in [9.17, 15) is 19.2 Å². The summed E-state index contributed by atoms with van der Waals surface area (Å²) in [4.78, 5) is 50.8. The van der Waals surface area contributed by atoms with E-state index < -0.39 is 17.9 Å². The van der Waals surface area contributed by atoms with Crippen LogP contribution in [0.25, 0.3) is 10.8 Å². The number of benzene rings is 5. The Labute approximate surface area is 382 Å². The first-order chi connectivity index (χ1) is 31.6. The molecule has 65 heavy (non-hydrogen) atoms. The number of aryl methyl sites for hydroxylation is 1. The highest BCUT2D eigenvalue weighted by Gasteiger charge is 2.21. The highest BCUT2D eigenvalue weighted by molar-refractivity contribution is 5.97. The van der Waals surface area contributed by atoms with Crippen molar-refractivity contribution in [3.8, 4) is 28.7 Å². The maximum absolute atomic E-state index is 13.4. The summed E-state index contributed by atoms with van der Waals surface area (Å²) in [5.74, 6) is 0.550. The van der Waals surface area contributed by atoms with E-state index in [0.717, 1.165) is 73.6 Å². The quantitative estimate of drug-likeness (QED) is 0.0164. The first-order valence-electron chi connectivity index (χ1n) is 22.9. The van der Waals surface area contributed by atoms with Crippen LogP contribution in [0.3, 0.4) is 0 Å². The number of unbranched alkanes of at least 4 members (excludes halogenated alkanes) is 8. The third-order valence-electron chi connectivity index (χ3n) is 10.9. The molecule has 1 saturated heterocycles. The van der Waals surface area contributed by atoms with Crippen molar-refractivity contribution in [3.63, 3.8) is 0 Å². The van der Waals surface area contributed by atoms with Gasteiger partial charge < -0.3 is 33.2 Å². The smallest absolute Gasteiger partial charge is 0.343 e. The summed E-state index contributed by atoms with van der Waals surface area (Å²) in [6.07, 6.45) is 13.7. The van der Waals surface area contributed by atoms with E-state index in [1.54, 1.807) is 110 Å². The van der Waals surface area contributed by atoms with E-state index in [1.165, 1.54) is 32.1 Å². The molecular weight excluding hydrogens is 825 g/mol. The molecule has 0 radical (unpaired) electrons. The van der Waals surface area contributed by atoms with Gasteiger partial charge in [-0.15, -0.1) is 0 Å². The van der Waals surface area contributed by atoms with Gasteiger partial charge in [-0.2, -0.15) is 0 Å². The molecule has 342 valence electrons. The predicted octanol–water partition coefficient (Wildman–Crippen LogP) is 12.0. The zero-order chi connectivity index (χ0) is 45.8. The Morgan fingerprint density at radius 3 is 1.62 bits per heavy atom. The molecule has 1 aliphatic heterocycles. The van der Waals surface area contributed by atoms with Gasteiger partial charge in [0, 0.05) is 5.57 Å². The molecule has 0 aliphatic carbocycles. The fourth-order valence-electron chi connectivity index (χ4n) is 7.10. The van der Waals surface area contributed by atoms with Crippen molar-refractivity contribution in [2.24, 2.45) is 0 Å². The van der Waals surface area contributed by atoms with Crippen LogP contribution in [-0.2, 0) is 20.7 Å². The summed E-state index contributed by atoms with van der Waals surface area (Å²) >= 11 is 0. The lowest BCUT2D eigenvalue weighted by atomic mass is 10.1. The molecule has 1 atom stereocenters. The molecule has 11 nitrogen and oxygen atoms in total. The topological polar surface area (TPSA) is 136 Å². The Morgan fingerprint density at radius 2 is 1.03 bits per heavy atom. The van der Waals surface area contributed by atoms with E-state index in [1.807, 2.05) is 6.92 Å².